The highest BCUT2D eigenvalue weighted by atomic mass is 16.3. The zero-order chi connectivity index (χ0) is 12.3. The number of aliphatic hydroxyl groups excluding tert-OH is 1. The fourth-order valence-corrected chi connectivity index (χ4v) is 2.99. The molecule has 2 atom stereocenters. The first-order chi connectivity index (χ1) is 8.29. The van der Waals surface area contributed by atoms with Crippen LogP contribution < -0.4 is 0 Å². The molecule has 0 aromatic carbocycles. The Hall–Kier alpha value is -0.0400. The summed E-state index contributed by atoms with van der Waals surface area (Å²) in [7, 11) is 0. The van der Waals surface area contributed by atoms with Gasteiger partial charge >= 0.3 is 0 Å². The van der Waals surface area contributed by atoms with Crippen molar-refractivity contribution in [3.8, 4) is 0 Å². The molecule has 1 N–H and O–H groups in total. The van der Waals surface area contributed by atoms with Gasteiger partial charge in [0.1, 0.15) is 0 Å². The van der Waals surface area contributed by atoms with E-state index in [1.807, 2.05) is 0 Å². The van der Waals surface area contributed by atoms with Crippen molar-refractivity contribution in [2.24, 2.45) is 5.92 Å². The molecule has 1 saturated carbocycles. The summed E-state index contributed by atoms with van der Waals surface area (Å²) in [5.41, 5.74) is 0. The van der Waals surface area contributed by atoms with Crippen LogP contribution in [0.15, 0.2) is 0 Å². The fraction of sp³-hybridized carbons (Fsp3) is 1.00. The first-order valence-electron chi connectivity index (χ1n) is 7.97. The van der Waals surface area contributed by atoms with E-state index in [-0.39, 0.29) is 6.10 Å². The van der Waals surface area contributed by atoms with Crippen LogP contribution in [0.1, 0.15) is 90.4 Å². The summed E-state index contributed by atoms with van der Waals surface area (Å²) in [5.74, 6) is 0.718. The lowest BCUT2D eigenvalue weighted by atomic mass is 9.94. The zero-order valence-electron chi connectivity index (χ0n) is 11.8. The number of aliphatic hydroxyl groups is 1. The van der Waals surface area contributed by atoms with Gasteiger partial charge in [0.05, 0.1) is 6.10 Å². The van der Waals surface area contributed by atoms with Crippen molar-refractivity contribution < 1.29 is 5.11 Å². The van der Waals surface area contributed by atoms with Gasteiger partial charge in [-0.1, -0.05) is 77.6 Å². The molecule has 1 aliphatic carbocycles. The van der Waals surface area contributed by atoms with Crippen LogP contribution in [0, 0.1) is 5.92 Å². The van der Waals surface area contributed by atoms with Gasteiger partial charge in [-0.25, -0.2) is 0 Å². The summed E-state index contributed by atoms with van der Waals surface area (Å²) in [6.07, 6.45) is 17.2. The zero-order valence-corrected chi connectivity index (χ0v) is 11.8. The molecule has 0 radical (unpaired) electrons. The smallest absolute Gasteiger partial charge is 0.0542 e. The van der Waals surface area contributed by atoms with E-state index in [0.717, 1.165) is 18.8 Å². The molecule has 1 aliphatic rings. The summed E-state index contributed by atoms with van der Waals surface area (Å²) in [6, 6.07) is 0. The normalized spacial score (nSPS) is 31.4. The lowest BCUT2D eigenvalue weighted by Gasteiger charge is -2.16. The fourth-order valence-electron chi connectivity index (χ4n) is 2.99. The molecule has 0 heterocycles. The van der Waals surface area contributed by atoms with E-state index in [2.05, 4.69) is 6.92 Å². The van der Waals surface area contributed by atoms with Crippen LogP contribution >= 0.6 is 0 Å². The average molecular weight is 240 g/mol. The minimum atomic E-state index is -0.0323. The Balaban J connectivity index is 2.21. The van der Waals surface area contributed by atoms with Crippen molar-refractivity contribution in [1.82, 2.24) is 0 Å². The van der Waals surface area contributed by atoms with Gasteiger partial charge in [-0.2, -0.15) is 0 Å². The Morgan fingerprint density at radius 2 is 1.06 bits per heavy atom. The van der Waals surface area contributed by atoms with Crippen LogP contribution in [0.4, 0.5) is 0 Å². The second kappa shape index (κ2) is 9.94. The van der Waals surface area contributed by atoms with E-state index in [9.17, 15) is 5.11 Å². The summed E-state index contributed by atoms with van der Waals surface area (Å²) >= 11 is 0. The maximum atomic E-state index is 9.94. The Labute approximate surface area is 108 Å². The summed E-state index contributed by atoms with van der Waals surface area (Å²) < 4.78 is 0. The third-order valence-corrected chi connectivity index (χ3v) is 4.16. The summed E-state index contributed by atoms with van der Waals surface area (Å²) in [6.45, 7) is 2.31. The van der Waals surface area contributed by atoms with Crippen molar-refractivity contribution >= 4 is 0 Å². The SMILES string of the molecule is CC1CCCCCCCCCCCC[C@H](O)C1. The van der Waals surface area contributed by atoms with Gasteiger partial charge < -0.3 is 5.11 Å². The molecule has 1 heteroatoms. The van der Waals surface area contributed by atoms with Crippen molar-refractivity contribution in [1.29, 1.82) is 0 Å². The molecular formula is C16H32O. The molecule has 0 aromatic rings. The topological polar surface area (TPSA) is 20.2 Å². The van der Waals surface area contributed by atoms with Crippen molar-refractivity contribution in [3.63, 3.8) is 0 Å². The highest BCUT2D eigenvalue weighted by Gasteiger charge is 2.10. The molecule has 0 aliphatic heterocycles. The molecule has 0 bridgehead atoms. The molecule has 102 valence electrons. The van der Waals surface area contributed by atoms with E-state index in [1.54, 1.807) is 0 Å². The molecule has 0 aromatic heterocycles. The minimum Gasteiger partial charge on any atom is -0.393 e. The largest absolute Gasteiger partial charge is 0.393 e. The first kappa shape index (κ1) is 15.0. The summed E-state index contributed by atoms with van der Waals surface area (Å²) in [5, 5.41) is 9.94. The van der Waals surface area contributed by atoms with Crippen LogP contribution in [-0.2, 0) is 0 Å². The van der Waals surface area contributed by atoms with Crippen LogP contribution in [0.25, 0.3) is 0 Å². The standard InChI is InChI=1S/C16H32O/c1-15-12-10-8-6-4-2-3-5-7-9-11-13-16(17)14-15/h15-17H,2-14H2,1H3/t15?,16-/m0/s1. The monoisotopic (exact) mass is 240 g/mol. The van der Waals surface area contributed by atoms with Crippen LogP contribution in [0.5, 0.6) is 0 Å². The van der Waals surface area contributed by atoms with E-state index in [1.165, 1.54) is 70.6 Å². The molecule has 1 nitrogen and oxygen atoms in total. The third-order valence-electron chi connectivity index (χ3n) is 4.16. The Morgan fingerprint density at radius 1 is 0.647 bits per heavy atom. The van der Waals surface area contributed by atoms with Gasteiger partial charge in [0.15, 0.2) is 0 Å². The molecule has 1 unspecified atom stereocenters. The predicted octanol–water partition coefficient (Wildman–Crippen LogP) is 5.07. The van der Waals surface area contributed by atoms with Crippen LogP contribution in [0.2, 0.25) is 0 Å². The highest BCUT2D eigenvalue weighted by molar-refractivity contribution is 4.63. The van der Waals surface area contributed by atoms with Crippen molar-refractivity contribution in [3.05, 3.63) is 0 Å². The number of rotatable bonds is 0. The lowest BCUT2D eigenvalue weighted by molar-refractivity contribution is 0.130. The van der Waals surface area contributed by atoms with Crippen molar-refractivity contribution in [2.45, 2.75) is 96.5 Å². The van der Waals surface area contributed by atoms with E-state index >= 15 is 0 Å². The Morgan fingerprint density at radius 3 is 1.59 bits per heavy atom. The van der Waals surface area contributed by atoms with E-state index < -0.39 is 0 Å². The maximum Gasteiger partial charge on any atom is 0.0542 e. The molecule has 1 rings (SSSR count). The molecule has 0 amide bonds. The van der Waals surface area contributed by atoms with E-state index in [0.29, 0.717) is 0 Å². The Kier molecular flexibility index (Phi) is 8.78. The second-order valence-electron chi connectivity index (χ2n) is 6.11. The average Bonchev–Trinajstić information content (AvgIpc) is 2.30. The Bertz CT molecular complexity index is 149. The maximum absolute atomic E-state index is 9.94. The quantitative estimate of drug-likeness (QED) is 0.627. The minimum absolute atomic E-state index is 0.0323. The summed E-state index contributed by atoms with van der Waals surface area (Å²) in [4.78, 5) is 0. The number of hydrogen-bond donors (Lipinski definition) is 1. The van der Waals surface area contributed by atoms with Gasteiger partial charge in [0.25, 0.3) is 0 Å². The van der Waals surface area contributed by atoms with Gasteiger partial charge in [0.2, 0.25) is 0 Å². The van der Waals surface area contributed by atoms with Gasteiger partial charge in [-0.3, -0.25) is 0 Å². The van der Waals surface area contributed by atoms with E-state index in [4.69, 9.17) is 0 Å². The second-order valence-corrected chi connectivity index (χ2v) is 6.11. The van der Waals surface area contributed by atoms with Crippen LogP contribution in [-0.4, -0.2) is 11.2 Å². The number of hydrogen-bond acceptors (Lipinski definition) is 1. The predicted molar refractivity (Wildman–Crippen MR) is 75.2 cm³/mol. The lowest BCUT2D eigenvalue weighted by Crippen LogP contribution is -2.11. The molecule has 0 spiro atoms. The highest BCUT2D eigenvalue weighted by Crippen LogP contribution is 2.20. The molecular weight excluding hydrogens is 208 g/mol. The molecule has 17 heavy (non-hydrogen) atoms. The van der Waals surface area contributed by atoms with Crippen LogP contribution in [0.3, 0.4) is 0 Å². The molecule has 0 saturated heterocycles. The van der Waals surface area contributed by atoms with Gasteiger partial charge in [-0.05, 0) is 18.8 Å². The van der Waals surface area contributed by atoms with Crippen molar-refractivity contribution in [2.75, 3.05) is 0 Å². The molecule has 1 fully saturated rings. The van der Waals surface area contributed by atoms with Gasteiger partial charge in [0, 0.05) is 0 Å². The first-order valence-corrected chi connectivity index (χ1v) is 7.97. The van der Waals surface area contributed by atoms with Gasteiger partial charge in [-0.15, -0.1) is 0 Å². The third kappa shape index (κ3) is 8.65.